The summed E-state index contributed by atoms with van der Waals surface area (Å²) in [5.41, 5.74) is 0.602. The molecule has 0 amide bonds. The van der Waals surface area contributed by atoms with Gasteiger partial charge in [0.25, 0.3) is 0 Å². The van der Waals surface area contributed by atoms with Crippen LogP contribution in [-0.2, 0) is 6.42 Å². The largest absolute Gasteiger partial charge is 0.477 e. The first-order valence-electron chi connectivity index (χ1n) is 3.30. The molecule has 1 aromatic heterocycles. The summed E-state index contributed by atoms with van der Waals surface area (Å²) < 4.78 is 3.57. The molecular formula is C6H8N2O2S. The van der Waals surface area contributed by atoms with E-state index >= 15 is 0 Å². The van der Waals surface area contributed by atoms with Crippen molar-refractivity contribution in [3.8, 4) is 0 Å². The van der Waals surface area contributed by atoms with Crippen molar-refractivity contribution >= 4 is 17.5 Å². The van der Waals surface area contributed by atoms with Crippen molar-refractivity contribution in [2.45, 2.75) is 19.8 Å². The average Bonchev–Trinajstić information content (AvgIpc) is 2.36. The van der Waals surface area contributed by atoms with Gasteiger partial charge in [0.15, 0.2) is 4.88 Å². The minimum absolute atomic E-state index is 0.270. The SMILES string of the molecule is CCCc1nnsc1C(=O)O. The van der Waals surface area contributed by atoms with Gasteiger partial charge in [-0.3, -0.25) is 0 Å². The summed E-state index contributed by atoms with van der Waals surface area (Å²) in [7, 11) is 0. The van der Waals surface area contributed by atoms with Gasteiger partial charge in [0.05, 0.1) is 5.69 Å². The molecule has 0 radical (unpaired) electrons. The van der Waals surface area contributed by atoms with E-state index in [2.05, 4.69) is 9.59 Å². The predicted octanol–water partition coefficient (Wildman–Crippen LogP) is 1.19. The smallest absolute Gasteiger partial charge is 0.349 e. The van der Waals surface area contributed by atoms with Crippen LogP contribution in [0.4, 0.5) is 0 Å². The molecule has 0 spiro atoms. The maximum absolute atomic E-state index is 10.5. The highest BCUT2D eigenvalue weighted by molar-refractivity contribution is 7.07. The van der Waals surface area contributed by atoms with Gasteiger partial charge in [-0.15, -0.1) is 5.10 Å². The lowest BCUT2D eigenvalue weighted by atomic mass is 10.2. The molecule has 0 aliphatic heterocycles. The molecule has 0 aromatic carbocycles. The summed E-state index contributed by atoms with van der Waals surface area (Å²) in [5.74, 6) is -0.927. The van der Waals surface area contributed by atoms with Gasteiger partial charge in [0, 0.05) is 0 Å². The Labute approximate surface area is 68.0 Å². The highest BCUT2D eigenvalue weighted by atomic mass is 32.1. The average molecular weight is 172 g/mol. The normalized spacial score (nSPS) is 9.91. The van der Waals surface area contributed by atoms with Crippen molar-refractivity contribution in [3.05, 3.63) is 10.6 Å². The molecular weight excluding hydrogens is 164 g/mol. The Hall–Kier alpha value is -0.970. The minimum atomic E-state index is -0.927. The molecule has 0 aliphatic rings. The summed E-state index contributed by atoms with van der Waals surface area (Å²) in [4.78, 5) is 10.8. The van der Waals surface area contributed by atoms with Crippen molar-refractivity contribution in [2.24, 2.45) is 0 Å². The van der Waals surface area contributed by atoms with E-state index in [1.165, 1.54) is 0 Å². The number of carboxylic acid groups (broad SMARTS) is 1. The number of nitrogens with zero attached hydrogens (tertiary/aromatic N) is 2. The van der Waals surface area contributed by atoms with Crippen LogP contribution in [0.2, 0.25) is 0 Å². The van der Waals surface area contributed by atoms with Gasteiger partial charge in [0.1, 0.15) is 0 Å². The van der Waals surface area contributed by atoms with E-state index in [-0.39, 0.29) is 4.88 Å². The molecule has 0 fully saturated rings. The third-order valence-corrected chi connectivity index (χ3v) is 1.99. The number of carboxylic acids is 1. The molecule has 5 heteroatoms. The van der Waals surface area contributed by atoms with E-state index in [1.807, 2.05) is 6.92 Å². The molecule has 0 atom stereocenters. The summed E-state index contributed by atoms with van der Waals surface area (Å²) >= 11 is 0.937. The number of aromatic nitrogens is 2. The number of rotatable bonds is 3. The van der Waals surface area contributed by atoms with Gasteiger partial charge in [0.2, 0.25) is 0 Å². The standard InChI is InChI=1S/C6H8N2O2S/c1-2-3-4-5(6(9)10)11-8-7-4/h2-3H2,1H3,(H,9,10). The topological polar surface area (TPSA) is 63.1 Å². The molecule has 1 heterocycles. The van der Waals surface area contributed by atoms with E-state index in [4.69, 9.17) is 5.11 Å². The van der Waals surface area contributed by atoms with Crippen LogP contribution in [-0.4, -0.2) is 20.7 Å². The molecule has 60 valence electrons. The Balaban J connectivity index is 2.87. The highest BCUT2D eigenvalue weighted by Gasteiger charge is 2.13. The lowest BCUT2D eigenvalue weighted by Gasteiger charge is -1.90. The number of hydrogen-bond acceptors (Lipinski definition) is 4. The van der Waals surface area contributed by atoms with E-state index in [1.54, 1.807) is 0 Å². The van der Waals surface area contributed by atoms with Gasteiger partial charge in [-0.2, -0.15) is 0 Å². The summed E-state index contributed by atoms with van der Waals surface area (Å²) in [6.45, 7) is 1.98. The van der Waals surface area contributed by atoms with Crippen LogP contribution in [0.3, 0.4) is 0 Å². The Morgan fingerprint density at radius 1 is 1.73 bits per heavy atom. The van der Waals surface area contributed by atoms with Crippen LogP contribution in [0.15, 0.2) is 0 Å². The first-order chi connectivity index (χ1) is 5.25. The van der Waals surface area contributed by atoms with Crippen LogP contribution in [0.25, 0.3) is 0 Å². The summed E-state index contributed by atoms with van der Waals surface area (Å²) in [5, 5.41) is 12.3. The molecule has 0 saturated heterocycles. The van der Waals surface area contributed by atoms with Crippen molar-refractivity contribution < 1.29 is 9.90 Å². The fraction of sp³-hybridized carbons (Fsp3) is 0.500. The lowest BCUT2D eigenvalue weighted by molar-refractivity contribution is 0.0701. The maximum Gasteiger partial charge on any atom is 0.349 e. The Morgan fingerprint density at radius 3 is 3.00 bits per heavy atom. The van der Waals surface area contributed by atoms with Crippen molar-refractivity contribution in [1.29, 1.82) is 0 Å². The van der Waals surface area contributed by atoms with E-state index in [0.29, 0.717) is 12.1 Å². The molecule has 0 unspecified atom stereocenters. The fourth-order valence-electron chi connectivity index (χ4n) is 0.771. The second-order valence-electron chi connectivity index (χ2n) is 2.10. The molecule has 1 rings (SSSR count). The predicted molar refractivity (Wildman–Crippen MR) is 40.9 cm³/mol. The van der Waals surface area contributed by atoms with E-state index < -0.39 is 5.97 Å². The monoisotopic (exact) mass is 172 g/mol. The second kappa shape index (κ2) is 3.43. The van der Waals surface area contributed by atoms with Gasteiger partial charge >= 0.3 is 5.97 Å². The number of aryl methyl sites for hydroxylation is 1. The lowest BCUT2D eigenvalue weighted by Crippen LogP contribution is -1.98. The third-order valence-electron chi connectivity index (χ3n) is 1.24. The molecule has 0 saturated carbocycles. The highest BCUT2D eigenvalue weighted by Crippen LogP contribution is 2.11. The van der Waals surface area contributed by atoms with Crippen LogP contribution in [0.1, 0.15) is 28.7 Å². The first-order valence-corrected chi connectivity index (χ1v) is 4.07. The number of hydrogen-bond donors (Lipinski definition) is 1. The van der Waals surface area contributed by atoms with Crippen molar-refractivity contribution in [1.82, 2.24) is 9.59 Å². The van der Waals surface area contributed by atoms with Crippen LogP contribution >= 0.6 is 11.5 Å². The molecule has 0 aliphatic carbocycles. The Morgan fingerprint density at radius 2 is 2.45 bits per heavy atom. The van der Waals surface area contributed by atoms with Gasteiger partial charge in [-0.25, -0.2) is 4.79 Å². The number of aromatic carboxylic acids is 1. The van der Waals surface area contributed by atoms with E-state index in [9.17, 15) is 4.79 Å². The molecule has 1 N–H and O–H groups in total. The zero-order valence-electron chi connectivity index (χ0n) is 6.07. The maximum atomic E-state index is 10.5. The second-order valence-corrected chi connectivity index (χ2v) is 2.86. The molecule has 1 aromatic rings. The minimum Gasteiger partial charge on any atom is -0.477 e. The Bertz CT molecular complexity index is 259. The van der Waals surface area contributed by atoms with Crippen molar-refractivity contribution in [3.63, 3.8) is 0 Å². The molecule has 11 heavy (non-hydrogen) atoms. The van der Waals surface area contributed by atoms with Crippen LogP contribution in [0.5, 0.6) is 0 Å². The van der Waals surface area contributed by atoms with Crippen LogP contribution in [0, 0.1) is 0 Å². The molecule has 0 bridgehead atoms. The zero-order valence-corrected chi connectivity index (χ0v) is 6.89. The van der Waals surface area contributed by atoms with Gasteiger partial charge < -0.3 is 5.11 Å². The third kappa shape index (κ3) is 1.74. The Kier molecular flexibility index (Phi) is 2.53. The number of carbonyl (C=O) groups is 1. The van der Waals surface area contributed by atoms with Gasteiger partial charge in [-0.1, -0.05) is 17.8 Å². The van der Waals surface area contributed by atoms with Crippen LogP contribution < -0.4 is 0 Å². The van der Waals surface area contributed by atoms with E-state index in [0.717, 1.165) is 18.0 Å². The first kappa shape index (κ1) is 8.13. The quantitative estimate of drug-likeness (QED) is 0.743. The molecule has 4 nitrogen and oxygen atoms in total. The zero-order chi connectivity index (χ0) is 8.27. The summed E-state index contributed by atoms with van der Waals surface area (Å²) in [6, 6.07) is 0. The van der Waals surface area contributed by atoms with Gasteiger partial charge in [-0.05, 0) is 18.0 Å². The van der Waals surface area contributed by atoms with Crippen molar-refractivity contribution in [2.75, 3.05) is 0 Å². The fourth-order valence-corrected chi connectivity index (χ4v) is 1.32. The summed E-state index contributed by atoms with van der Waals surface area (Å²) in [6.07, 6.45) is 1.59.